The number of piperazine rings is 1. The molecule has 0 radical (unpaired) electrons. The highest BCUT2D eigenvalue weighted by molar-refractivity contribution is 7.18. The topological polar surface area (TPSA) is 41.0 Å². The van der Waals surface area contributed by atoms with Gasteiger partial charge in [0.1, 0.15) is 17.0 Å². The van der Waals surface area contributed by atoms with Crippen molar-refractivity contribution in [2.75, 3.05) is 24.5 Å². The lowest BCUT2D eigenvalue weighted by molar-refractivity contribution is 0.483. The summed E-state index contributed by atoms with van der Waals surface area (Å²) in [5.74, 6) is 1.10. The maximum absolute atomic E-state index is 4.51. The molecule has 1 aliphatic heterocycles. The Morgan fingerprint density at radius 2 is 2.39 bits per heavy atom. The molecule has 1 saturated heterocycles. The molecule has 0 aliphatic carbocycles. The van der Waals surface area contributed by atoms with E-state index in [1.165, 1.54) is 10.3 Å². The smallest absolute Gasteiger partial charge is 0.140 e. The van der Waals surface area contributed by atoms with Crippen LogP contribution in [0.15, 0.2) is 12.4 Å². The van der Waals surface area contributed by atoms with E-state index in [9.17, 15) is 0 Å². The SMILES string of the molecule is CCc1cc2c(N3CCNC(C)C3)ncnc2s1. The van der Waals surface area contributed by atoms with Gasteiger partial charge in [-0.15, -0.1) is 11.3 Å². The van der Waals surface area contributed by atoms with Gasteiger partial charge in [-0.05, 0) is 19.4 Å². The van der Waals surface area contributed by atoms with Gasteiger partial charge in [0.05, 0.1) is 5.39 Å². The summed E-state index contributed by atoms with van der Waals surface area (Å²) in [6.45, 7) is 7.47. The number of nitrogens with zero attached hydrogens (tertiary/aromatic N) is 3. The minimum Gasteiger partial charge on any atom is -0.353 e. The van der Waals surface area contributed by atoms with E-state index in [4.69, 9.17) is 0 Å². The summed E-state index contributed by atoms with van der Waals surface area (Å²) in [6, 6.07) is 2.77. The van der Waals surface area contributed by atoms with Crippen molar-refractivity contribution in [2.24, 2.45) is 0 Å². The second kappa shape index (κ2) is 4.82. The van der Waals surface area contributed by atoms with Gasteiger partial charge in [0.2, 0.25) is 0 Å². The van der Waals surface area contributed by atoms with Crippen LogP contribution in [0.1, 0.15) is 18.7 Å². The van der Waals surface area contributed by atoms with E-state index in [1.54, 1.807) is 17.7 Å². The van der Waals surface area contributed by atoms with E-state index in [1.807, 2.05) is 0 Å². The number of hydrogen-bond donors (Lipinski definition) is 1. The minimum atomic E-state index is 0.521. The average molecular weight is 262 g/mol. The van der Waals surface area contributed by atoms with Crippen molar-refractivity contribution < 1.29 is 0 Å². The Kier molecular flexibility index (Phi) is 3.18. The average Bonchev–Trinajstić information content (AvgIpc) is 2.81. The molecule has 2 aromatic rings. The van der Waals surface area contributed by atoms with Crippen LogP contribution < -0.4 is 10.2 Å². The van der Waals surface area contributed by atoms with Crippen LogP contribution in [0.5, 0.6) is 0 Å². The predicted molar refractivity (Wildman–Crippen MR) is 76.5 cm³/mol. The molecule has 3 rings (SSSR count). The quantitative estimate of drug-likeness (QED) is 0.899. The van der Waals surface area contributed by atoms with Gasteiger partial charge in [0, 0.05) is 30.6 Å². The summed E-state index contributed by atoms with van der Waals surface area (Å²) in [5.41, 5.74) is 0. The Hall–Kier alpha value is -1.20. The molecule has 0 bridgehead atoms. The number of thiophene rings is 1. The summed E-state index contributed by atoms with van der Waals surface area (Å²) in [4.78, 5) is 13.8. The highest BCUT2D eigenvalue weighted by atomic mass is 32.1. The van der Waals surface area contributed by atoms with Gasteiger partial charge in [-0.2, -0.15) is 0 Å². The zero-order chi connectivity index (χ0) is 12.5. The maximum atomic E-state index is 4.51. The third-order valence-corrected chi connectivity index (χ3v) is 4.56. The Morgan fingerprint density at radius 1 is 1.50 bits per heavy atom. The fourth-order valence-electron chi connectivity index (χ4n) is 2.44. The summed E-state index contributed by atoms with van der Waals surface area (Å²) in [5, 5.41) is 4.68. The van der Waals surface area contributed by atoms with Crippen LogP contribution >= 0.6 is 11.3 Å². The molecule has 4 nitrogen and oxygen atoms in total. The third kappa shape index (κ3) is 2.08. The van der Waals surface area contributed by atoms with Crippen LogP contribution in [0, 0.1) is 0 Å². The number of anilines is 1. The van der Waals surface area contributed by atoms with Crippen molar-refractivity contribution >= 4 is 27.4 Å². The van der Waals surface area contributed by atoms with E-state index in [0.717, 1.165) is 36.7 Å². The summed E-state index contributed by atoms with van der Waals surface area (Å²) < 4.78 is 0. The van der Waals surface area contributed by atoms with E-state index in [-0.39, 0.29) is 0 Å². The van der Waals surface area contributed by atoms with Gasteiger partial charge < -0.3 is 10.2 Å². The van der Waals surface area contributed by atoms with Crippen LogP contribution in [0.3, 0.4) is 0 Å². The first-order valence-electron chi connectivity index (χ1n) is 6.49. The van der Waals surface area contributed by atoms with Crippen molar-refractivity contribution in [3.63, 3.8) is 0 Å². The van der Waals surface area contributed by atoms with Crippen molar-refractivity contribution in [1.29, 1.82) is 0 Å². The third-order valence-electron chi connectivity index (χ3n) is 3.38. The van der Waals surface area contributed by atoms with Gasteiger partial charge >= 0.3 is 0 Å². The van der Waals surface area contributed by atoms with Gasteiger partial charge in [-0.3, -0.25) is 0 Å². The Labute approximate surface area is 111 Å². The molecule has 3 heterocycles. The molecule has 1 atom stereocenters. The number of hydrogen-bond acceptors (Lipinski definition) is 5. The fraction of sp³-hybridized carbons (Fsp3) is 0.538. The molecule has 1 unspecified atom stereocenters. The molecule has 0 saturated carbocycles. The largest absolute Gasteiger partial charge is 0.353 e. The number of fused-ring (bicyclic) bond motifs is 1. The molecule has 1 N–H and O–H groups in total. The molecule has 1 fully saturated rings. The van der Waals surface area contributed by atoms with Gasteiger partial charge in [-0.1, -0.05) is 6.92 Å². The van der Waals surface area contributed by atoms with Crippen LogP contribution in [-0.4, -0.2) is 35.6 Å². The number of rotatable bonds is 2. The van der Waals surface area contributed by atoms with Gasteiger partial charge in [0.15, 0.2) is 0 Å². The lowest BCUT2D eigenvalue weighted by Crippen LogP contribution is -2.49. The van der Waals surface area contributed by atoms with Crippen LogP contribution in [0.25, 0.3) is 10.2 Å². The van der Waals surface area contributed by atoms with E-state index in [2.05, 4.69) is 40.1 Å². The van der Waals surface area contributed by atoms with E-state index in [0.29, 0.717) is 6.04 Å². The van der Waals surface area contributed by atoms with E-state index < -0.39 is 0 Å². The summed E-state index contributed by atoms with van der Waals surface area (Å²) in [7, 11) is 0. The Bertz CT molecular complexity index is 551. The molecular weight excluding hydrogens is 244 g/mol. The van der Waals surface area contributed by atoms with Gasteiger partial charge in [-0.25, -0.2) is 9.97 Å². The normalized spacial score (nSPS) is 20.6. The standard InChI is InChI=1S/C13H18N4S/c1-3-10-6-11-12(15-8-16-13(11)18-10)17-5-4-14-9(2)7-17/h6,8-9,14H,3-5,7H2,1-2H3. The van der Waals surface area contributed by atoms with Crippen molar-refractivity contribution in [3.8, 4) is 0 Å². The highest BCUT2D eigenvalue weighted by Gasteiger charge is 2.19. The monoisotopic (exact) mass is 262 g/mol. The molecule has 0 spiro atoms. The number of aromatic nitrogens is 2. The zero-order valence-electron chi connectivity index (χ0n) is 10.8. The maximum Gasteiger partial charge on any atom is 0.140 e. The molecule has 18 heavy (non-hydrogen) atoms. The first-order chi connectivity index (χ1) is 8.78. The first kappa shape index (κ1) is 11.9. The van der Waals surface area contributed by atoms with Crippen LogP contribution in [0.4, 0.5) is 5.82 Å². The number of nitrogens with one attached hydrogen (secondary N) is 1. The number of aryl methyl sites for hydroxylation is 1. The lowest BCUT2D eigenvalue weighted by atomic mass is 10.2. The zero-order valence-corrected chi connectivity index (χ0v) is 11.6. The molecule has 2 aromatic heterocycles. The molecular formula is C13H18N4S. The van der Waals surface area contributed by atoms with Crippen LogP contribution in [0.2, 0.25) is 0 Å². The molecule has 96 valence electrons. The molecule has 5 heteroatoms. The van der Waals surface area contributed by atoms with Gasteiger partial charge in [0.25, 0.3) is 0 Å². The predicted octanol–water partition coefficient (Wildman–Crippen LogP) is 2.05. The minimum absolute atomic E-state index is 0.521. The highest BCUT2D eigenvalue weighted by Crippen LogP contribution is 2.30. The molecule has 0 amide bonds. The van der Waals surface area contributed by atoms with Crippen molar-refractivity contribution in [1.82, 2.24) is 15.3 Å². The van der Waals surface area contributed by atoms with Crippen LogP contribution in [-0.2, 0) is 6.42 Å². The second-order valence-corrected chi connectivity index (χ2v) is 5.90. The fourth-order valence-corrected chi connectivity index (χ4v) is 3.37. The Morgan fingerprint density at radius 3 is 3.17 bits per heavy atom. The van der Waals surface area contributed by atoms with Crippen molar-refractivity contribution in [3.05, 3.63) is 17.3 Å². The summed E-state index contributed by atoms with van der Waals surface area (Å²) >= 11 is 1.78. The van der Waals surface area contributed by atoms with E-state index >= 15 is 0 Å². The Balaban J connectivity index is 2.02. The molecule has 0 aromatic carbocycles. The summed E-state index contributed by atoms with van der Waals surface area (Å²) in [6.07, 6.45) is 2.76. The lowest BCUT2D eigenvalue weighted by Gasteiger charge is -2.32. The molecule has 1 aliphatic rings. The first-order valence-corrected chi connectivity index (χ1v) is 7.31. The second-order valence-electron chi connectivity index (χ2n) is 4.78. The van der Waals surface area contributed by atoms with Crippen molar-refractivity contribution in [2.45, 2.75) is 26.3 Å².